The van der Waals surface area contributed by atoms with Crippen molar-refractivity contribution >= 4 is 11.3 Å². The van der Waals surface area contributed by atoms with Crippen LogP contribution < -0.4 is 5.32 Å². The van der Waals surface area contributed by atoms with Gasteiger partial charge in [0.1, 0.15) is 12.6 Å². The largest absolute Gasteiger partial charge is 0.385 e. The van der Waals surface area contributed by atoms with Crippen LogP contribution in [0.3, 0.4) is 0 Å². The van der Waals surface area contributed by atoms with Gasteiger partial charge in [0.15, 0.2) is 0 Å². The van der Waals surface area contributed by atoms with Crippen LogP contribution in [0.25, 0.3) is 0 Å². The molecule has 0 aromatic carbocycles. The Balaban J connectivity index is 1.17. The summed E-state index contributed by atoms with van der Waals surface area (Å²) in [5.41, 5.74) is 0.603. The molecule has 1 heterocycles. The molecule has 1 atom stereocenters. The molecule has 0 spiro atoms. The van der Waals surface area contributed by atoms with Gasteiger partial charge in [-0.1, -0.05) is 6.07 Å². The van der Waals surface area contributed by atoms with E-state index in [1.54, 1.807) is 11.3 Å². The van der Waals surface area contributed by atoms with Gasteiger partial charge in [-0.25, -0.2) is 0 Å². The molecule has 0 unspecified atom stereocenters. The Morgan fingerprint density at radius 1 is 1.22 bits per heavy atom. The number of nitrogens with two attached hydrogens (primary N) is 1. The number of rotatable bonds is 8. The van der Waals surface area contributed by atoms with Gasteiger partial charge >= 0.3 is 0 Å². The molecule has 4 aliphatic rings. The molecule has 0 saturated heterocycles. The Hall–Kier alpha value is -0.420. The summed E-state index contributed by atoms with van der Waals surface area (Å²) in [4.78, 5) is 1.23. The zero-order valence-electron chi connectivity index (χ0n) is 14.0. The van der Waals surface area contributed by atoms with Crippen LogP contribution in [-0.4, -0.2) is 30.9 Å². The second kappa shape index (κ2) is 6.83. The van der Waals surface area contributed by atoms with E-state index in [2.05, 4.69) is 16.8 Å². The van der Waals surface area contributed by atoms with Gasteiger partial charge in [-0.3, -0.25) is 0 Å². The topological polar surface area (TPSA) is 46.1 Å². The van der Waals surface area contributed by atoms with E-state index in [-0.39, 0.29) is 6.10 Å². The molecule has 0 amide bonds. The average molecular weight is 337 g/mol. The highest BCUT2D eigenvalue weighted by Crippen LogP contribution is 2.59. The van der Waals surface area contributed by atoms with E-state index in [9.17, 15) is 5.11 Å². The minimum atomic E-state index is -0.344. The Kier molecular flexibility index (Phi) is 4.77. The molecule has 23 heavy (non-hydrogen) atoms. The van der Waals surface area contributed by atoms with E-state index in [0.29, 0.717) is 18.6 Å². The third-order valence-electron chi connectivity index (χ3n) is 6.32. The predicted octanol–water partition coefficient (Wildman–Crippen LogP) is 2.41. The summed E-state index contributed by atoms with van der Waals surface area (Å²) < 4.78 is 5.63. The number of hydrogen-bond acceptors (Lipinski definition) is 3. The van der Waals surface area contributed by atoms with E-state index < -0.39 is 0 Å². The minimum absolute atomic E-state index is 0.344. The minimum Gasteiger partial charge on any atom is -0.385 e. The molecule has 0 aliphatic heterocycles. The van der Waals surface area contributed by atoms with Crippen molar-refractivity contribution in [2.75, 3.05) is 19.7 Å². The summed E-state index contributed by atoms with van der Waals surface area (Å²) in [5.74, 6) is 3.07. The van der Waals surface area contributed by atoms with Gasteiger partial charge in [-0.15, -0.1) is 11.3 Å². The average Bonchev–Trinajstić information content (AvgIpc) is 2.99. The van der Waals surface area contributed by atoms with Crippen molar-refractivity contribution in [1.82, 2.24) is 0 Å². The van der Waals surface area contributed by atoms with Crippen molar-refractivity contribution < 1.29 is 15.2 Å². The highest BCUT2D eigenvalue weighted by atomic mass is 32.1. The van der Waals surface area contributed by atoms with Gasteiger partial charge in [-0.2, -0.15) is 0 Å². The normalized spacial score (nSPS) is 36.5. The SMILES string of the molecule is O[C@@H](C[NH2+]CC12CC3CC(CC(C3)C1)C2)COCc1cccs1. The van der Waals surface area contributed by atoms with Crippen LogP contribution in [0.5, 0.6) is 0 Å². The molecule has 4 aliphatic carbocycles. The summed E-state index contributed by atoms with van der Waals surface area (Å²) in [6.45, 7) is 3.09. The zero-order valence-corrected chi connectivity index (χ0v) is 14.8. The maximum absolute atomic E-state index is 10.1. The first-order valence-electron chi connectivity index (χ1n) is 9.31. The van der Waals surface area contributed by atoms with Gasteiger partial charge in [0.05, 0.1) is 19.8 Å². The lowest BCUT2D eigenvalue weighted by Crippen LogP contribution is -2.89. The Bertz CT molecular complexity index is 466. The third kappa shape index (κ3) is 3.81. The monoisotopic (exact) mass is 336 g/mol. The highest BCUT2D eigenvalue weighted by Gasteiger charge is 2.51. The second-order valence-corrected chi connectivity index (χ2v) is 9.43. The number of hydrogen-bond donors (Lipinski definition) is 2. The first-order valence-corrected chi connectivity index (χ1v) is 10.2. The van der Waals surface area contributed by atoms with E-state index in [4.69, 9.17) is 4.74 Å². The first-order chi connectivity index (χ1) is 11.2. The van der Waals surface area contributed by atoms with Crippen LogP contribution >= 0.6 is 11.3 Å². The fraction of sp³-hybridized carbons (Fsp3) is 0.789. The molecular weight excluding hydrogens is 306 g/mol. The summed E-state index contributed by atoms with van der Waals surface area (Å²) in [6.07, 6.45) is 8.57. The lowest BCUT2D eigenvalue weighted by molar-refractivity contribution is -0.675. The van der Waals surface area contributed by atoms with Gasteiger partial charge in [0, 0.05) is 10.3 Å². The fourth-order valence-corrected chi connectivity index (χ4v) is 6.52. The van der Waals surface area contributed by atoms with Crippen LogP contribution in [0.2, 0.25) is 0 Å². The molecule has 4 heteroatoms. The molecule has 4 bridgehead atoms. The molecule has 4 saturated carbocycles. The third-order valence-corrected chi connectivity index (χ3v) is 7.17. The van der Waals surface area contributed by atoms with Crippen LogP contribution in [-0.2, 0) is 11.3 Å². The highest BCUT2D eigenvalue weighted by molar-refractivity contribution is 7.09. The van der Waals surface area contributed by atoms with E-state index in [1.165, 1.54) is 49.9 Å². The van der Waals surface area contributed by atoms with Gasteiger partial charge in [0.2, 0.25) is 0 Å². The van der Waals surface area contributed by atoms with Crippen LogP contribution in [0.4, 0.5) is 0 Å². The Morgan fingerprint density at radius 3 is 2.52 bits per heavy atom. The van der Waals surface area contributed by atoms with Crippen molar-refractivity contribution in [3.8, 4) is 0 Å². The number of aliphatic hydroxyl groups is 1. The molecule has 128 valence electrons. The quantitative estimate of drug-likeness (QED) is 0.766. The van der Waals surface area contributed by atoms with E-state index >= 15 is 0 Å². The van der Waals surface area contributed by atoms with Crippen LogP contribution in [0.15, 0.2) is 17.5 Å². The van der Waals surface area contributed by atoms with Crippen molar-refractivity contribution in [3.63, 3.8) is 0 Å². The number of aliphatic hydroxyl groups excluding tert-OH is 1. The molecule has 5 rings (SSSR count). The first kappa shape index (κ1) is 16.1. The van der Waals surface area contributed by atoms with Crippen molar-refractivity contribution in [2.45, 2.75) is 51.2 Å². The summed E-state index contributed by atoms with van der Waals surface area (Å²) >= 11 is 1.71. The van der Waals surface area contributed by atoms with Crippen molar-refractivity contribution in [2.24, 2.45) is 23.2 Å². The molecule has 3 nitrogen and oxygen atoms in total. The zero-order chi connectivity index (χ0) is 15.7. The number of ether oxygens (including phenoxy) is 1. The molecule has 4 fully saturated rings. The molecule has 1 aromatic heterocycles. The van der Waals surface area contributed by atoms with Crippen LogP contribution in [0.1, 0.15) is 43.4 Å². The van der Waals surface area contributed by atoms with E-state index in [0.717, 1.165) is 24.3 Å². The van der Waals surface area contributed by atoms with Crippen molar-refractivity contribution in [1.29, 1.82) is 0 Å². The Morgan fingerprint density at radius 2 is 1.91 bits per heavy atom. The standard InChI is InChI=1S/C19H29NO2S/c21-17(11-22-12-18-2-1-3-23-18)10-20-13-19-7-14-4-15(8-19)6-16(5-14)9-19/h1-3,14-17,20-21H,4-13H2/p+1/t14?,15?,16?,17-,19?/m0/s1. The maximum Gasteiger partial charge on any atom is 0.126 e. The van der Waals surface area contributed by atoms with E-state index in [1.807, 2.05) is 6.07 Å². The fourth-order valence-electron chi connectivity index (χ4n) is 5.88. The molecule has 1 aromatic rings. The van der Waals surface area contributed by atoms with Crippen LogP contribution in [0, 0.1) is 23.2 Å². The maximum atomic E-state index is 10.1. The van der Waals surface area contributed by atoms with Crippen molar-refractivity contribution in [3.05, 3.63) is 22.4 Å². The Labute approximate surface area is 143 Å². The predicted molar refractivity (Wildman–Crippen MR) is 92.2 cm³/mol. The number of thiophene rings is 1. The van der Waals surface area contributed by atoms with Gasteiger partial charge < -0.3 is 15.2 Å². The number of quaternary nitrogens is 1. The lowest BCUT2D eigenvalue weighted by Gasteiger charge is -2.56. The van der Waals surface area contributed by atoms with Gasteiger partial charge in [0.25, 0.3) is 0 Å². The smallest absolute Gasteiger partial charge is 0.126 e. The molecular formula is C19H30NO2S+. The lowest BCUT2D eigenvalue weighted by atomic mass is 9.49. The summed E-state index contributed by atoms with van der Waals surface area (Å²) in [6, 6.07) is 4.12. The van der Waals surface area contributed by atoms with Gasteiger partial charge in [-0.05, 0) is 67.7 Å². The summed E-state index contributed by atoms with van der Waals surface area (Å²) in [5, 5.41) is 14.6. The molecule has 0 radical (unpaired) electrons. The second-order valence-electron chi connectivity index (χ2n) is 8.39. The molecule has 3 N–H and O–H groups in total. The summed E-state index contributed by atoms with van der Waals surface area (Å²) in [7, 11) is 0.